The predicted octanol–water partition coefficient (Wildman–Crippen LogP) is 2.53. The molecule has 0 radical (unpaired) electrons. The molecule has 0 saturated carbocycles. The molecule has 0 aliphatic rings. The Kier molecular flexibility index (Phi) is 4.04. The van der Waals surface area contributed by atoms with Crippen LogP contribution in [0.25, 0.3) is 0 Å². The molecule has 0 saturated heterocycles. The fourth-order valence-electron chi connectivity index (χ4n) is 1.57. The van der Waals surface area contributed by atoms with E-state index in [1.54, 1.807) is 0 Å². The van der Waals surface area contributed by atoms with Crippen LogP contribution >= 0.6 is 11.6 Å². The minimum absolute atomic E-state index is 0.128. The summed E-state index contributed by atoms with van der Waals surface area (Å²) in [6.45, 7) is 0. The maximum atomic E-state index is 13.0. The highest BCUT2D eigenvalue weighted by atomic mass is 35.5. The summed E-state index contributed by atoms with van der Waals surface area (Å²) >= 11 is 5.69. The van der Waals surface area contributed by atoms with Crippen LogP contribution in [0.3, 0.4) is 0 Å². The van der Waals surface area contributed by atoms with E-state index in [2.05, 4.69) is 10.3 Å². The molecule has 1 amide bonds. The highest BCUT2D eigenvalue weighted by Gasteiger charge is 2.15. The molecule has 0 spiro atoms. The molecule has 0 unspecified atom stereocenters. The number of phenols is 1. The van der Waals surface area contributed by atoms with Crippen molar-refractivity contribution in [2.24, 2.45) is 0 Å². The first-order chi connectivity index (χ1) is 9.88. The van der Waals surface area contributed by atoms with Gasteiger partial charge in [0.1, 0.15) is 22.3 Å². The molecule has 108 valence electrons. The molecule has 1 aromatic carbocycles. The van der Waals surface area contributed by atoms with Crippen LogP contribution in [0.5, 0.6) is 5.75 Å². The molecule has 0 aliphatic carbocycles. The van der Waals surface area contributed by atoms with Gasteiger partial charge in [-0.2, -0.15) is 0 Å². The van der Waals surface area contributed by atoms with Crippen molar-refractivity contribution >= 4 is 29.2 Å². The normalized spacial score (nSPS) is 10.2. The van der Waals surface area contributed by atoms with Crippen LogP contribution < -0.4 is 5.32 Å². The van der Waals surface area contributed by atoms with Crippen LogP contribution in [0.1, 0.15) is 20.7 Å². The Morgan fingerprint density at radius 2 is 1.95 bits per heavy atom. The number of nitrogens with one attached hydrogen (secondary N) is 1. The monoisotopic (exact) mass is 310 g/mol. The van der Waals surface area contributed by atoms with Gasteiger partial charge in [-0.25, -0.2) is 14.2 Å². The van der Waals surface area contributed by atoms with Crippen molar-refractivity contribution in [3.05, 3.63) is 52.6 Å². The Morgan fingerprint density at radius 1 is 1.24 bits per heavy atom. The number of aromatic carboxylic acids is 1. The first-order valence-corrected chi connectivity index (χ1v) is 5.95. The number of carboxylic acid groups (broad SMARTS) is 1. The largest absolute Gasteiger partial charge is 0.507 e. The number of carboxylic acids is 1. The predicted molar refractivity (Wildman–Crippen MR) is 72.2 cm³/mol. The number of hydrogen-bond donors (Lipinski definition) is 3. The molecular formula is C13H8ClFN2O4. The fourth-order valence-corrected chi connectivity index (χ4v) is 1.76. The van der Waals surface area contributed by atoms with E-state index in [0.717, 1.165) is 24.4 Å². The average molecular weight is 311 g/mol. The number of amides is 1. The number of carbonyl (C=O) groups excluding carboxylic acids is 1. The number of anilines is 1. The molecule has 0 atom stereocenters. The summed E-state index contributed by atoms with van der Waals surface area (Å²) in [6, 6.07) is 4.37. The minimum Gasteiger partial charge on any atom is -0.507 e. The maximum absolute atomic E-state index is 13.0. The van der Waals surface area contributed by atoms with Crippen molar-refractivity contribution in [1.82, 2.24) is 4.98 Å². The summed E-state index contributed by atoms with van der Waals surface area (Å²) in [5.74, 6) is -3.28. The number of aromatic hydroxyl groups is 1. The highest BCUT2D eigenvalue weighted by molar-refractivity contribution is 6.33. The summed E-state index contributed by atoms with van der Waals surface area (Å²) in [4.78, 5) is 26.2. The summed E-state index contributed by atoms with van der Waals surface area (Å²) in [5.41, 5.74) is -0.361. The Bertz CT molecular complexity index is 736. The number of aromatic nitrogens is 1. The number of halogens is 2. The lowest BCUT2D eigenvalue weighted by Gasteiger charge is -2.08. The zero-order valence-corrected chi connectivity index (χ0v) is 11.1. The molecule has 6 nitrogen and oxygen atoms in total. The number of pyridine rings is 1. The highest BCUT2D eigenvalue weighted by Crippen LogP contribution is 2.23. The van der Waals surface area contributed by atoms with E-state index in [4.69, 9.17) is 16.7 Å². The van der Waals surface area contributed by atoms with Crippen molar-refractivity contribution in [2.75, 3.05) is 5.32 Å². The van der Waals surface area contributed by atoms with Crippen LogP contribution in [-0.4, -0.2) is 27.1 Å². The lowest BCUT2D eigenvalue weighted by Crippen LogP contribution is -2.13. The van der Waals surface area contributed by atoms with Crippen LogP contribution in [0, 0.1) is 5.82 Å². The van der Waals surface area contributed by atoms with Crippen LogP contribution in [0.4, 0.5) is 10.1 Å². The van der Waals surface area contributed by atoms with Gasteiger partial charge in [-0.15, -0.1) is 0 Å². The van der Waals surface area contributed by atoms with Gasteiger partial charge in [-0.1, -0.05) is 11.6 Å². The molecule has 0 aliphatic heterocycles. The standard InChI is InChI=1S/C13H8ClFN2O4/c14-11-9(3-6(15)5-16-11)12(19)17-7-1-2-8(13(20)21)10(18)4-7/h1-5,18H,(H,17,19)(H,20,21). The molecule has 3 N–H and O–H groups in total. The SMILES string of the molecule is O=C(O)c1ccc(NC(=O)c2cc(F)cnc2Cl)cc1O. The van der Waals surface area contributed by atoms with Gasteiger partial charge < -0.3 is 15.5 Å². The number of nitrogens with zero attached hydrogens (tertiary/aromatic N) is 1. The number of carbonyl (C=O) groups is 2. The third-order valence-electron chi connectivity index (χ3n) is 2.54. The zero-order chi connectivity index (χ0) is 15.6. The van der Waals surface area contributed by atoms with E-state index in [1.165, 1.54) is 6.07 Å². The summed E-state index contributed by atoms with van der Waals surface area (Å²) < 4.78 is 13.0. The van der Waals surface area contributed by atoms with Crippen molar-refractivity contribution in [2.45, 2.75) is 0 Å². The second-order valence-corrected chi connectivity index (χ2v) is 4.34. The van der Waals surface area contributed by atoms with Gasteiger partial charge >= 0.3 is 5.97 Å². The Labute approximate surface area is 122 Å². The van der Waals surface area contributed by atoms with Gasteiger partial charge in [0, 0.05) is 11.8 Å². The van der Waals surface area contributed by atoms with Gasteiger partial charge in [0.15, 0.2) is 0 Å². The second kappa shape index (κ2) is 5.76. The van der Waals surface area contributed by atoms with E-state index < -0.39 is 23.4 Å². The van der Waals surface area contributed by atoms with Crippen molar-refractivity contribution in [3.8, 4) is 5.75 Å². The maximum Gasteiger partial charge on any atom is 0.339 e. The molecule has 8 heteroatoms. The minimum atomic E-state index is -1.30. The number of hydrogen-bond acceptors (Lipinski definition) is 4. The van der Waals surface area contributed by atoms with Crippen LogP contribution in [-0.2, 0) is 0 Å². The van der Waals surface area contributed by atoms with Gasteiger partial charge in [0.2, 0.25) is 0 Å². The lowest BCUT2D eigenvalue weighted by molar-refractivity contribution is 0.0693. The zero-order valence-electron chi connectivity index (χ0n) is 10.3. The second-order valence-electron chi connectivity index (χ2n) is 3.98. The van der Waals surface area contributed by atoms with E-state index in [1.807, 2.05) is 0 Å². The molecular weight excluding hydrogens is 303 g/mol. The molecule has 0 fully saturated rings. The number of benzene rings is 1. The van der Waals surface area contributed by atoms with Gasteiger partial charge in [0.25, 0.3) is 5.91 Å². The first-order valence-electron chi connectivity index (χ1n) is 5.57. The number of rotatable bonds is 3. The quantitative estimate of drug-likeness (QED) is 0.756. The molecule has 21 heavy (non-hydrogen) atoms. The Hall–Kier alpha value is -2.67. The topological polar surface area (TPSA) is 99.5 Å². The van der Waals surface area contributed by atoms with E-state index in [-0.39, 0.29) is 22.0 Å². The van der Waals surface area contributed by atoms with Crippen LogP contribution in [0.15, 0.2) is 30.5 Å². The van der Waals surface area contributed by atoms with Gasteiger partial charge in [-0.05, 0) is 18.2 Å². The smallest absolute Gasteiger partial charge is 0.339 e. The molecule has 1 heterocycles. The summed E-state index contributed by atoms with van der Waals surface area (Å²) in [5, 5.41) is 20.5. The van der Waals surface area contributed by atoms with Crippen molar-refractivity contribution in [3.63, 3.8) is 0 Å². The van der Waals surface area contributed by atoms with E-state index in [9.17, 15) is 19.1 Å². The van der Waals surface area contributed by atoms with Crippen molar-refractivity contribution < 1.29 is 24.2 Å². The third kappa shape index (κ3) is 3.26. The third-order valence-corrected chi connectivity index (χ3v) is 2.84. The molecule has 0 bridgehead atoms. The molecule has 2 aromatic rings. The Morgan fingerprint density at radius 3 is 2.57 bits per heavy atom. The van der Waals surface area contributed by atoms with Gasteiger partial charge in [-0.3, -0.25) is 4.79 Å². The van der Waals surface area contributed by atoms with Gasteiger partial charge in [0.05, 0.1) is 11.8 Å². The first kappa shape index (κ1) is 14.7. The fraction of sp³-hybridized carbons (Fsp3) is 0. The van der Waals surface area contributed by atoms with E-state index >= 15 is 0 Å². The summed E-state index contributed by atoms with van der Waals surface area (Å²) in [6.07, 6.45) is 0.868. The summed E-state index contributed by atoms with van der Waals surface area (Å²) in [7, 11) is 0. The molecule has 1 aromatic heterocycles. The van der Waals surface area contributed by atoms with E-state index in [0.29, 0.717) is 0 Å². The van der Waals surface area contributed by atoms with Crippen LogP contribution in [0.2, 0.25) is 5.15 Å². The van der Waals surface area contributed by atoms with Crippen molar-refractivity contribution in [1.29, 1.82) is 0 Å². The molecule has 2 rings (SSSR count). The Balaban J connectivity index is 2.26. The average Bonchev–Trinajstić information content (AvgIpc) is 2.41. The lowest BCUT2D eigenvalue weighted by atomic mass is 10.1.